The van der Waals surface area contributed by atoms with Crippen molar-refractivity contribution < 1.29 is 13.2 Å². The molecule has 3 rings (SSSR count). The minimum atomic E-state index is -4.46. The van der Waals surface area contributed by atoms with Crippen LogP contribution >= 0.6 is 11.3 Å². The van der Waals surface area contributed by atoms with Crippen molar-refractivity contribution in [3.63, 3.8) is 0 Å². The molecule has 112 valence electrons. The first-order valence-corrected chi connectivity index (χ1v) is 7.50. The minimum absolute atomic E-state index is 0.260. The molecular weight excluding hydrogens is 299 g/mol. The van der Waals surface area contributed by atoms with Gasteiger partial charge in [-0.25, -0.2) is 4.98 Å². The smallest absolute Gasteiger partial charge is 0.396 e. The van der Waals surface area contributed by atoms with Gasteiger partial charge in [0.1, 0.15) is 5.69 Å². The molecule has 0 aliphatic heterocycles. The van der Waals surface area contributed by atoms with Gasteiger partial charge >= 0.3 is 6.18 Å². The summed E-state index contributed by atoms with van der Waals surface area (Å²) < 4.78 is 38.5. The summed E-state index contributed by atoms with van der Waals surface area (Å²) in [5.74, 6) is 0. The van der Waals surface area contributed by atoms with E-state index in [1.54, 1.807) is 11.3 Å². The largest absolute Gasteiger partial charge is 0.433 e. The summed E-state index contributed by atoms with van der Waals surface area (Å²) in [6, 6.07) is 3.29. The quantitative estimate of drug-likeness (QED) is 0.930. The lowest BCUT2D eigenvalue weighted by Crippen LogP contribution is -2.26. The fourth-order valence-corrected chi connectivity index (χ4v) is 2.90. The van der Waals surface area contributed by atoms with E-state index in [2.05, 4.69) is 4.98 Å². The second-order valence-corrected chi connectivity index (χ2v) is 5.90. The molecule has 0 aromatic carbocycles. The normalized spacial score (nSPS) is 15.2. The van der Waals surface area contributed by atoms with Crippen LogP contribution in [0.1, 0.15) is 24.1 Å². The van der Waals surface area contributed by atoms with Crippen LogP contribution in [0.4, 0.5) is 24.5 Å². The van der Waals surface area contributed by atoms with Crippen molar-refractivity contribution in [2.75, 3.05) is 10.6 Å². The molecule has 2 N–H and O–H groups in total. The van der Waals surface area contributed by atoms with E-state index < -0.39 is 11.9 Å². The molecule has 2 aromatic rings. The first-order chi connectivity index (χ1) is 9.95. The maximum atomic E-state index is 12.8. The Labute approximate surface area is 124 Å². The number of hydrogen-bond acceptors (Lipinski definition) is 4. The van der Waals surface area contributed by atoms with Crippen molar-refractivity contribution >= 4 is 22.7 Å². The van der Waals surface area contributed by atoms with Crippen molar-refractivity contribution in [1.29, 1.82) is 0 Å². The molecule has 1 aliphatic rings. The van der Waals surface area contributed by atoms with Crippen molar-refractivity contribution in [2.45, 2.75) is 31.6 Å². The number of thiophene rings is 1. The number of nitrogen functional groups attached to an aromatic ring is 1. The van der Waals surface area contributed by atoms with E-state index in [-0.39, 0.29) is 11.7 Å². The van der Waals surface area contributed by atoms with Crippen LogP contribution in [0.25, 0.3) is 0 Å². The fraction of sp³-hybridized carbons (Fsp3) is 0.357. The molecule has 0 saturated heterocycles. The Kier molecular flexibility index (Phi) is 3.52. The number of pyridine rings is 1. The third-order valence-corrected chi connectivity index (χ3v) is 4.16. The number of alkyl halides is 3. The van der Waals surface area contributed by atoms with Crippen LogP contribution in [-0.4, -0.2) is 11.0 Å². The molecule has 0 spiro atoms. The van der Waals surface area contributed by atoms with Gasteiger partial charge in [0.05, 0.1) is 17.6 Å². The second kappa shape index (κ2) is 5.22. The number of aromatic nitrogens is 1. The number of rotatable bonds is 4. The summed E-state index contributed by atoms with van der Waals surface area (Å²) in [6.45, 7) is 0.569. The van der Waals surface area contributed by atoms with Crippen LogP contribution in [0.15, 0.2) is 29.1 Å². The molecule has 3 nitrogen and oxygen atoms in total. The Morgan fingerprint density at radius 2 is 2.14 bits per heavy atom. The number of anilines is 2. The Bertz CT molecular complexity index is 621. The van der Waals surface area contributed by atoms with Crippen LogP contribution < -0.4 is 10.6 Å². The third kappa shape index (κ3) is 3.12. The van der Waals surface area contributed by atoms with Crippen LogP contribution in [0.5, 0.6) is 0 Å². The van der Waals surface area contributed by atoms with Gasteiger partial charge in [0.25, 0.3) is 0 Å². The third-order valence-electron chi connectivity index (χ3n) is 3.43. The number of hydrogen-bond donors (Lipinski definition) is 1. The number of nitrogens with zero attached hydrogens (tertiary/aromatic N) is 2. The molecule has 21 heavy (non-hydrogen) atoms. The Balaban J connectivity index is 1.95. The molecule has 0 atom stereocenters. The zero-order chi connectivity index (χ0) is 15.0. The predicted octanol–water partition coefficient (Wildman–Crippen LogP) is 3.91. The van der Waals surface area contributed by atoms with Gasteiger partial charge < -0.3 is 10.6 Å². The van der Waals surface area contributed by atoms with E-state index in [4.69, 9.17) is 5.73 Å². The molecule has 2 heterocycles. The van der Waals surface area contributed by atoms with Gasteiger partial charge in [0, 0.05) is 12.6 Å². The molecule has 0 unspecified atom stereocenters. The van der Waals surface area contributed by atoms with Crippen molar-refractivity contribution in [3.05, 3.63) is 40.3 Å². The summed E-state index contributed by atoms with van der Waals surface area (Å²) >= 11 is 1.57. The molecule has 7 heteroatoms. The first kappa shape index (κ1) is 14.2. The SMILES string of the molecule is Nc1cnc(C(F)(F)F)cc1N(Cc1ccsc1)C1CC1. The van der Waals surface area contributed by atoms with Gasteiger partial charge in [0.2, 0.25) is 0 Å². The van der Waals surface area contributed by atoms with Crippen molar-refractivity contribution in [1.82, 2.24) is 4.98 Å². The Hall–Kier alpha value is -1.76. The molecule has 1 saturated carbocycles. The maximum absolute atomic E-state index is 12.8. The van der Waals surface area contributed by atoms with Gasteiger partial charge in [-0.05, 0) is 41.3 Å². The van der Waals surface area contributed by atoms with Crippen molar-refractivity contribution in [3.8, 4) is 0 Å². The zero-order valence-corrected chi connectivity index (χ0v) is 11.9. The monoisotopic (exact) mass is 313 g/mol. The van der Waals surface area contributed by atoms with E-state index >= 15 is 0 Å². The molecule has 1 aliphatic carbocycles. The van der Waals surface area contributed by atoms with Crippen LogP contribution in [0.2, 0.25) is 0 Å². The minimum Gasteiger partial charge on any atom is -0.396 e. The van der Waals surface area contributed by atoms with E-state index in [0.29, 0.717) is 12.2 Å². The summed E-state index contributed by atoms with van der Waals surface area (Å²) in [5, 5.41) is 3.95. The van der Waals surface area contributed by atoms with Crippen LogP contribution in [0.3, 0.4) is 0 Å². The van der Waals surface area contributed by atoms with Gasteiger partial charge in [-0.15, -0.1) is 0 Å². The zero-order valence-electron chi connectivity index (χ0n) is 11.1. The topological polar surface area (TPSA) is 42.1 Å². The predicted molar refractivity (Wildman–Crippen MR) is 77.2 cm³/mol. The highest BCUT2D eigenvalue weighted by Gasteiger charge is 2.35. The Morgan fingerprint density at radius 3 is 2.71 bits per heavy atom. The first-order valence-electron chi connectivity index (χ1n) is 6.55. The average molecular weight is 313 g/mol. The summed E-state index contributed by atoms with van der Waals surface area (Å²) in [4.78, 5) is 5.35. The standard InChI is InChI=1S/C14H14F3N3S/c15-14(16,17)13-5-12(11(18)6-19-13)20(10-1-2-10)7-9-3-4-21-8-9/h3-6,8,10H,1-2,7,18H2. The van der Waals surface area contributed by atoms with Crippen molar-refractivity contribution in [2.24, 2.45) is 0 Å². The number of nitrogens with two attached hydrogens (primary N) is 1. The Morgan fingerprint density at radius 1 is 1.38 bits per heavy atom. The molecule has 0 amide bonds. The van der Waals surface area contributed by atoms with Gasteiger partial charge in [-0.3, -0.25) is 0 Å². The number of halogens is 3. The molecule has 2 aromatic heterocycles. The second-order valence-electron chi connectivity index (χ2n) is 5.12. The molecule has 1 fully saturated rings. The molecular formula is C14H14F3N3S. The lowest BCUT2D eigenvalue weighted by Gasteiger charge is -2.26. The fourth-order valence-electron chi connectivity index (χ4n) is 2.24. The van der Waals surface area contributed by atoms with Crippen LogP contribution in [-0.2, 0) is 12.7 Å². The highest BCUT2D eigenvalue weighted by molar-refractivity contribution is 7.07. The summed E-state index contributed by atoms with van der Waals surface area (Å²) in [6.07, 6.45) is -1.40. The molecule has 0 radical (unpaired) electrons. The maximum Gasteiger partial charge on any atom is 0.433 e. The molecule has 0 bridgehead atoms. The van der Waals surface area contributed by atoms with E-state index in [9.17, 15) is 13.2 Å². The van der Waals surface area contributed by atoms with E-state index in [0.717, 1.165) is 30.7 Å². The average Bonchev–Trinajstić information content (AvgIpc) is 3.13. The summed E-state index contributed by atoms with van der Waals surface area (Å²) in [5.41, 5.74) is 6.74. The van der Waals surface area contributed by atoms with Gasteiger partial charge in [-0.1, -0.05) is 0 Å². The highest BCUT2D eigenvalue weighted by Crippen LogP contribution is 2.38. The van der Waals surface area contributed by atoms with E-state index in [1.165, 1.54) is 0 Å². The van der Waals surface area contributed by atoms with Crippen LogP contribution in [0, 0.1) is 0 Å². The van der Waals surface area contributed by atoms with Gasteiger partial charge in [0.15, 0.2) is 0 Å². The highest BCUT2D eigenvalue weighted by atomic mass is 32.1. The lowest BCUT2D eigenvalue weighted by molar-refractivity contribution is -0.141. The van der Waals surface area contributed by atoms with Gasteiger partial charge in [-0.2, -0.15) is 24.5 Å². The summed E-state index contributed by atoms with van der Waals surface area (Å²) in [7, 11) is 0. The lowest BCUT2D eigenvalue weighted by atomic mass is 10.2. The van der Waals surface area contributed by atoms with E-state index in [1.807, 2.05) is 21.7 Å².